The highest BCUT2D eigenvalue weighted by atomic mass is 16.5. The quantitative estimate of drug-likeness (QED) is 0.393. The van der Waals surface area contributed by atoms with Crippen LogP contribution < -0.4 is 15.2 Å². The van der Waals surface area contributed by atoms with Gasteiger partial charge < -0.3 is 15.2 Å². The molecule has 0 bridgehead atoms. The molecule has 0 aromatic heterocycles. The predicted octanol–water partition coefficient (Wildman–Crippen LogP) is 5.52. The van der Waals surface area contributed by atoms with E-state index >= 15 is 0 Å². The van der Waals surface area contributed by atoms with E-state index in [0.717, 1.165) is 24.2 Å². The molecule has 1 saturated carbocycles. The highest BCUT2D eigenvalue weighted by Gasteiger charge is 2.19. The van der Waals surface area contributed by atoms with E-state index in [0.29, 0.717) is 17.1 Å². The van der Waals surface area contributed by atoms with E-state index in [4.69, 9.17) is 25.9 Å². The third-order valence-corrected chi connectivity index (χ3v) is 5.06. The molecule has 0 unspecified atom stereocenters. The van der Waals surface area contributed by atoms with E-state index in [-0.39, 0.29) is 17.7 Å². The molecule has 1 aliphatic rings. The van der Waals surface area contributed by atoms with Gasteiger partial charge in [-0.05, 0) is 68.2 Å². The van der Waals surface area contributed by atoms with Gasteiger partial charge in [-0.2, -0.15) is 5.26 Å². The maximum atomic E-state index is 8.65. The van der Waals surface area contributed by atoms with E-state index in [9.17, 15) is 0 Å². The average Bonchev–Trinajstić information content (AvgIpc) is 3.35. The van der Waals surface area contributed by atoms with Gasteiger partial charge in [-0.1, -0.05) is 24.3 Å². The minimum absolute atomic E-state index is 0.179. The van der Waals surface area contributed by atoms with E-state index < -0.39 is 0 Å². The molecule has 1 fully saturated rings. The Morgan fingerprint density at radius 1 is 1.12 bits per heavy atom. The maximum Gasteiger partial charge on any atom is 0.168 e. The highest BCUT2D eigenvalue weighted by Crippen LogP contribution is 2.35. The minimum atomic E-state index is -0.196. The third kappa shape index (κ3) is 6.91. The number of rotatable bonds is 9. The molecule has 3 N–H and O–H groups in total. The summed E-state index contributed by atoms with van der Waals surface area (Å²) in [6, 6.07) is 14.9. The van der Waals surface area contributed by atoms with E-state index in [1.54, 1.807) is 25.5 Å². The van der Waals surface area contributed by atoms with Crippen LogP contribution in [-0.2, 0) is 0 Å². The number of hydrogen-bond donors (Lipinski definition) is 2. The lowest BCUT2D eigenvalue weighted by Gasteiger charge is -2.17. The number of allylic oxidation sites excluding steroid dienone is 2. The lowest BCUT2D eigenvalue weighted by atomic mass is 10.1. The van der Waals surface area contributed by atoms with Gasteiger partial charge in [0.2, 0.25) is 0 Å². The first kappa shape index (κ1) is 23.5. The van der Waals surface area contributed by atoms with Crippen molar-refractivity contribution in [3.8, 4) is 17.6 Å². The Morgan fingerprint density at radius 3 is 2.61 bits per heavy atom. The van der Waals surface area contributed by atoms with Crippen molar-refractivity contribution >= 4 is 35.2 Å². The second kappa shape index (κ2) is 12.0. The van der Waals surface area contributed by atoms with Gasteiger partial charge in [0.1, 0.15) is 17.6 Å². The van der Waals surface area contributed by atoms with Crippen molar-refractivity contribution in [1.82, 2.24) is 0 Å². The zero-order chi connectivity index (χ0) is 23.5. The number of methoxy groups -OCH3 is 1. The van der Waals surface area contributed by atoms with Crippen LogP contribution in [0.25, 0.3) is 6.08 Å². The van der Waals surface area contributed by atoms with Crippen LogP contribution in [0.1, 0.15) is 31.2 Å². The fraction of sp³-hybridized carbons (Fsp3) is 0.231. The van der Waals surface area contributed by atoms with Gasteiger partial charge in [0.25, 0.3) is 0 Å². The second-order valence-electron chi connectivity index (χ2n) is 7.42. The summed E-state index contributed by atoms with van der Waals surface area (Å²) in [7, 11) is 1.65. The van der Waals surface area contributed by atoms with Crippen molar-refractivity contribution in [3.63, 3.8) is 0 Å². The van der Waals surface area contributed by atoms with Crippen LogP contribution in [-0.4, -0.2) is 31.0 Å². The van der Waals surface area contributed by atoms with Crippen LogP contribution in [0.15, 0.2) is 70.7 Å². The number of hydrogen-bond acceptors (Lipinski definition) is 6. The number of ether oxygens (including phenoxy) is 2. The summed E-state index contributed by atoms with van der Waals surface area (Å²) < 4.78 is 11.8. The number of amidine groups is 1. The van der Waals surface area contributed by atoms with E-state index in [2.05, 4.69) is 9.98 Å². The number of para-hydroxylation sites is 3. The zero-order valence-electron chi connectivity index (χ0n) is 18.6. The molecule has 0 radical (unpaired) electrons. The van der Waals surface area contributed by atoms with Crippen molar-refractivity contribution in [2.45, 2.75) is 31.8 Å². The minimum Gasteiger partial charge on any atom is -0.493 e. The van der Waals surface area contributed by atoms with Crippen molar-refractivity contribution in [2.24, 2.45) is 15.7 Å². The summed E-state index contributed by atoms with van der Waals surface area (Å²) in [5, 5.41) is 16.0. The topological polar surface area (TPSA) is 117 Å². The van der Waals surface area contributed by atoms with E-state index in [1.165, 1.54) is 25.0 Å². The molecule has 0 aliphatic heterocycles. The van der Waals surface area contributed by atoms with Gasteiger partial charge in [-0.25, -0.2) is 4.99 Å². The van der Waals surface area contributed by atoms with Crippen LogP contribution >= 0.6 is 0 Å². The SMILES string of the molecule is COc1cccc(/C=C/C=Nc2ccccc2N=C(N)/C=C\C(=N)C#N)c1OC1CCCC1. The van der Waals surface area contributed by atoms with Crippen molar-refractivity contribution in [1.29, 1.82) is 10.7 Å². The van der Waals surface area contributed by atoms with Crippen molar-refractivity contribution in [2.75, 3.05) is 7.11 Å². The Labute approximate surface area is 194 Å². The fourth-order valence-electron chi connectivity index (χ4n) is 3.44. The van der Waals surface area contributed by atoms with Crippen LogP contribution in [0.2, 0.25) is 0 Å². The fourth-order valence-corrected chi connectivity index (χ4v) is 3.44. The summed E-state index contributed by atoms with van der Waals surface area (Å²) in [6.45, 7) is 0. The highest BCUT2D eigenvalue weighted by molar-refractivity contribution is 6.08. The molecular formula is C26H27N5O2. The van der Waals surface area contributed by atoms with Gasteiger partial charge in [0.15, 0.2) is 11.5 Å². The molecule has 0 spiro atoms. The van der Waals surface area contributed by atoms with E-state index in [1.807, 2.05) is 48.6 Å². The lowest BCUT2D eigenvalue weighted by Crippen LogP contribution is -2.12. The molecule has 0 heterocycles. The smallest absolute Gasteiger partial charge is 0.168 e. The molecule has 1 aliphatic carbocycles. The zero-order valence-corrected chi connectivity index (χ0v) is 18.6. The first-order valence-electron chi connectivity index (χ1n) is 10.7. The molecule has 168 valence electrons. The Bertz CT molecular complexity index is 1140. The number of nitrogens with zero attached hydrogens (tertiary/aromatic N) is 3. The largest absolute Gasteiger partial charge is 0.493 e. The average molecular weight is 442 g/mol. The van der Waals surface area contributed by atoms with Crippen LogP contribution in [0.5, 0.6) is 11.5 Å². The van der Waals surface area contributed by atoms with Crippen molar-refractivity contribution in [3.05, 3.63) is 66.3 Å². The Kier molecular flexibility index (Phi) is 8.55. The summed E-state index contributed by atoms with van der Waals surface area (Å²) in [4.78, 5) is 8.82. The molecule has 0 atom stereocenters. The predicted molar refractivity (Wildman–Crippen MR) is 133 cm³/mol. The first-order chi connectivity index (χ1) is 16.1. The van der Waals surface area contributed by atoms with Crippen molar-refractivity contribution < 1.29 is 9.47 Å². The van der Waals surface area contributed by atoms with Gasteiger partial charge in [0, 0.05) is 11.8 Å². The van der Waals surface area contributed by atoms with Gasteiger partial charge >= 0.3 is 0 Å². The third-order valence-electron chi connectivity index (χ3n) is 5.06. The van der Waals surface area contributed by atoms with Gasteiger partial charge in [-0.3, -0.25) is 10.4 Å². The van der Waals surface area contributed by atoms with Gasteiger partial charge in [-0.15, -0.1) is 0 Å². The summed E-state index contributed by atoms with van der Waals surface area (Å²) in [5.74, 6) is 1.65. The molecule has 0 saturated heterocycles. The number of nitriles is 1. The maximum absolute atomic E-state index is 8.65. The molecule has 2 aromatic carbocycles. The van der Waals surface area contributed by atoms with Crippen LogP contribution in [0, 0.1) is 16.7 Å². The number of nitrogens with two attached hydrogens (primary N) is 1. The second-order valence-corrected chi connectivity index (χ2v) is 7.42. The lowest BCUT2D eigenvalue weighted by molar-refractivity contribution is 0.200. The monoisotopic (exact) mass is 441 g/mol. The molecule has 2 aromatic rings. The summed E-state index contributed by atoms with van der Waals surface area (Å²) in [6.07, 6.45) is 12.9. The molecule has 7 nitrogen and oxygen atoms in total. The Hall–Kier alpha value is -4.18. The Balaban J connectivity index is 1.77. The number of benzene rings is 2. The Morgan fingerprint density at radius 2 is 1.88 bits per heavy atom. The summed E-state index contributed by atoms with van der Waals surface area (Å²) >= 11 is 0. The van der Waals surface area contributed by atoms with Gasteiger partial charge in [0.05, 0.1) is 24.6 Å². The normalized spacial score (nSPS) is 14.8. The molecule has 33 heavy (non-hydrogen) atoms. The number of nitrogens with one attached hydrogen (secondary N) is 1. The summed E-state index contributed by atoms with van der Waals surface area (Å²) in [5.41, 5.74) is 7.84. The van der Waals surface area contributed by atoms with Crippen LogP contribution in [0.4, 0.5) is 11.4 Å². The molecule has 0 amide bonds. The van der Waals surface area contributed by atoms with Crippen LogP contribution in [0.3, 0.4) is 0 Å². The number of aliphatic imine (C=N–C) groups is 2. The first-order valence-corrected chi connectivity index (χ1v) is 10.7. The molecule has 3 rings (SSSR count). The molecular weight excluding hydrogens is 414 g/mol. The standard InChI is InChI=1S/C26H27N5O2/c1-32-24-14-6-8-19(26(24)33-21-10-2-3-11-21)9-7-17-30-22-12-4-5-13-23(22)31-25(29)16-15-20(28)18-27/h4-9,12-17,21,28H,2-3,10-11H2,1H3,(H2,29,31)/b9-7+,16-15-,28-20?,30-17?. The molecule has 7 heteroatoms.